The van der Waals surface area contributed by atoms with Crippen LogP contribution in [-0.4, -0.2) is 53.4 Å². The molecule has 6 nitrogen and oxygen atoms in total. The van der Waals surface area contributed by atoms with Gasteiger partial charge in [-0.3, -0.25) is 14.4 Å². The van der Waals surface area contributed by atoms with Gasteiger partial charge in [0.15, 0.2) is 5.82 Å². The van der Waals surface area contributed by atoms with Gasteiger partial charge in [-0.15, -0.1) is 0 Å². The number of likely N-dealkylation sites (tertiary alicyclic amines) is 1. The Labute approximate surface area is 124 Å². The molecule has 2 aliphatic rings. The van der Waals surface area contributed by atoms with Crippen molar-refractivity contribution in [3.05, 3.63) is 23.9 Å². The molecule has 0 spiro atoms. The van der Waals surface area contributed by atoms with Crippen LogP contribution in [0.4, 0.5) is 5.82 Å². The molecule has 0 aromatic carbocycles. The van der Waals surface area contributed by atoms with Gasteiger partial charge < -0.3 is 10.1 Å². The molecule has 1 saturated heterocycles. The van der Waals surface area contributed by atoms with E-state index in [4.69, 9.17) is 4.74 Å². The van der Waals surface area contributed by atoms with E-state index in [1.54, 1.807) is 0 Å². The van der Waals surface area contributed by atoms with Gasteiger partial charge in [0.05, 0.1) is 19.3 Å². The molecule has 114 valence electrons. The number of ether oxygens (including phenoxy) is 1. The van der Waals surface area contributed by atoms with Gasteiger partial charge >= 0.3 is 0 Å². The molecule has 3 rings (SSSR count). The molecule has 0 aliphatic carbocycles. The fourth-order valence-electron chi connectivity index (χ4n) is 2.97. The first kappa shape index (κ1) is 14.3. The van der Waals surface area contributed by atoms with Crippen LogP contribution in [-0.2, 0) is 9.53 Å². The Hall–Kier alpha value is -1.66. The van der Waals surface area contributed by atoms with Crippen molar-refractivity contribution in [2.75, 3.05) is 38.2 Å². The molecule has 0 bridgehead atoms. The molecule has 0 saturated carbocycles. The molecule has 1 aromatic heterocycles. The van der Waals surface area contributed by atoms with Crippen molar-refractivity contribution in [2.45, 2.75) is 25.8 Å². The lowest BCUT2D eigenvalue weighted by Crippen LogP contribution is -2.26. The summed E-state index contributed by atoms with van der Waals surface area (Å²) >= 11 is 0. The van der Waals surface area contributed by atoms with E-state index in [9.17, 15) is 4.79 Å². The number of hydrogen-bond donors (Lipinski definition) is 1. The third-order valence-corrected chi connectivity index (χ3v) is 3.94. The van der Waals surface area contributed by atoms with Crippen molar-refractivity contribution < 1.29 is 9.53 Å². The number of rotatable bonds is 4. The van der Waals surface area contributed by atoms with Crippen molar-refractivity contribution in [3.63, 3.8) is 0 Å². The maximum absolute atomic E-state index is 11.0. The minimum atomic E-state index is -0.0856. The summed E-state index contributed by atoms with van der Waals surface area (Å²) < 4.78 is 7.46. The molecule has 3 heterocycles. The Morgan fingerprint density at radius 1 is 1.57 bits per heavy atom. The summed E-state index contributed by atoms with van der Waals surface area (Å²) in [5.74, 6) is 0.543. The van der Waals surface area contributed by atoms with E-state index < -0.39 is 0 Å². The van der Waals surface area contributed by atoms with Gasteiger partial charge in [0.25, 0.3) is 0 Å². The average Bonchev–Trinajstić information content (AvgIpc) is 3.08. The molecule has 1 fully saturated rings. The van der Waals surface area contributed by atoms with Gasteiger partial charge in [0, 0.05) is 38.8 Å². The fourth-order valence-corrected chi connectivity index (χ4v) is 2.97. The first-order chi connectivity index (χ1) is 10.2. The van der Waals surface area contributed by atoms with Crippen LogP contribution >= 0.6 is 0 Å². The Morgan fingerprint density at radius 2 is 2.48 bits per heavy atom. The maximum atomic E-state index is 11.0. The highest BCUT2D eigenvalue weighted by atomic mass is 16.5. The second-order valence-corrected chi connectivity index (χ2v) is 5.74. The topological polar surface area (TPSA) is 59.4 Å². The molecular formula is C15H22N4O2. The molecule has 1 N–H and O–H groups in total. The summed E-state index contributed by atoms with van der Waals surface area (Å²) in [4.78, 5) is 13.5. The van der Waals surface area contributed by atoms with Crippen LogP contribution in [0.3, 0.4) is 0 Å². The zero-order chi connectivity index (χ0) is 14.7. The summed E-state index contributed by atoms with van der Waals surface area (Å²) in [6.45, 7) is 6.20. The molecule has 0 radical (unpaired) electrons. The Kier molecular flexibility index (Phi) is 4.36. The van der Waals surface area contributed by atoms with Gasteiger partial charge in [-0.1, -0.05) is 6.08 Å². The Balaban J connectivity index is 1.55. The predicted octanol–water partition coefficient (Wildman–Crippen LogP) is 1.43. The second kappa shape index (κ2) is 6.41. The second-order valence-electron chi connectivity index (χ2n) is 5.74. The zero-order valence-corrected chi connectivity index (χ0v) is 12.4. The Bertz CT molecular complexity index is 538. The summed E-state index contributed by atoms with van der Waals surface area (Å²) in [5.41, 5.74) is 1.39. The zero-order valence-electron chi connectivity index (χ0n) is 12.4. The molecule has 1 atom stereocenters. The normalized spacial score (nSPS) is 23.1. The van der Waals surface area contributed by atoms with Crippen molar-refractivity contribution in [1.29, 1.82) is 0 Å². The minimum Gasteiger partial charge on any atom is -0.377 e. The number of nitrogens with zero attached hydrogens (tertiary/aromatic N) is 3. The monoisotopic (exact) mass is 290 g/mol. The van der Waals surface area contributed by atoms with Crippen molar-refractivity contribution in [3.8, 4) is 0 Å². The first-order valence-electron chi connectivity index (χ1n) is 7.51. The summed E-state index contributed by atoms with van der Waals surface area (Å²) in [6.07, 6.45) is 6.38. The third kappa shape index (κ3) is 3.71. The smallest absolute Gasteiger partial charge is 0.222 e. The molecular weight excluding hydrogens is 268 g/mol. The maximum Gasteiger partial charge on any atom is 0.222 e. The van der Waals surface area contributed by atoms with Crippen LogP contribution in [0.5, 0.6) is 0 Å². The highest BCUT2D eigenvalue weighted by Gasteiger charge is 2.25. The quantitative estimate of drug-likeness (QED) is 0.852. The lowest BCUT2D eigenvalue weighted by atomic mass is 10.2. The molecule has 1 unspecified atom stereocenters. The molecule has 2 aliphatic heterocycles. The minimum absolute atomic E-state index is 0.0856. The lowest BCUT2D eigenvalue weighted by molar-refractivity contribution is -0.114. The molecule has 1 aromatic rings. The van der Waals surface area contributed by atoms with Gasteiger partial charge in [-0.05, 0) is 18.4 Å². The van der Waals surface area contributed by atoms with E-state index in [1.807, 2.05) is 16.9 Å². The van der Waals surface area contributed by atoms with E-state index in [2.05, 4.69) is 21.4 Å². The van der Waals surface area contributed by atoms with Gasteiger partial charge in [-0.25, -0.2) is 0 Å². The van der Waals surface area contributed by atoms with E-state index in [1.165, 1.54) is 12.5 Å². The molecule has 1 amide bonds. The first-order valence-corrected chi connectivity index (χ1v) is 7.51. The number of nitrogens with one attached hydrogen (secondary N) is 1. The van der Waals surface area contributed by atoms with Crippen molar-refractivity contribution in [2.24, 2.45) is 0 Å². The third-order valence-electron chi connectivity index (χ3n) is 3.94. The van der Waals surface area contributed by atoms with E-state index in [0.717, 1.165) is 45.7 Å². The highest BCUT2D eigenvalue weighted by Crippen LogP contribution is 2.23. The summed E-state index contributed by atoms with van der Waals surface area (Å²) in [5, 5.41) is 7.15. The van der Waals surface area contributed by atoms with Crippen LogP contribution < -0.4 is 5.32 Å². The Morgan fingerprint density at radius 3 is 3.24 bits per heavy atom. The largest absolute Gasteiger partial charge is 0.377 e. The van der Waals surface area contributed by atoms with Crippen molar-refractivity contribution in [1.82, 2.24) is 14.7 Å². The average molecular weight is 290 g/mol. The highest BCUT2D eigenvalue weighted by molar-refractivity contribution is 5.87. The number of carbonyl (C=O) groups is 1. The summed E-state index contributed by atoms with van der Waals surface area (Å²) in [6, 6.07) is 2.24. The summed E-state index contributed by atoms with van der Waals surface area (Å²) in [7, 11) is 0. The van der Waals surface area contributed by atoms with Crippen LogP contribution in [0.25, 0.3) is 0 Å². The van der Waals surface area contributed by atoms with Crippen LogP contribution in [0.2, 0.25) is 0 Å². The van der Waals surface area contributed by atoms with E-state index >= 15 is 0 Å². The predicted molar refractivity (Wildman–Crippen MR) is 80.1 cm³/mol. The SMILES string of the molecule is CC(=O)Nc1ccn(C2CCN(CC3=CCCOC3)C2)n1. The standard InChI is InChI=1S/C15H22N4O2/c1-12(20)16-15-5-7-19(17-15)14-4-6-18(10-14)9-13-3-2-8-21-11-13/h3,5,7,14H,2,4,6,8-11H2,1H3,(H,16,17,20). The van der Waals surface area contributed by atoms with Crippen LogP contribution in [0.15, 0.2) is 23.9 Å². The van der Waals surface area contributed by atoms with Gasteiger partial charge in [0.1, 0.15) is 0 Å². The number of carbonyl (C=O) groups excluding carboxylic acids is 1. The number of amides is 1. The number of anilines is 1. The van der Waals surface area contributed by atoms with E-state index in [-0.39, 0.29) is 5.91 Å². The number of hydrogen-bond acceptors (Lipinski definition) is 4. The fraction of sp³-hybridized carbons (Fsp3) is 0.600. The van der Waals surface area contributed by atoms with Crippen LogP contribution in [0.1, 0.15) is 25.8 Å². The molecule has 6 heteroatoms. The van der Waals surface area contributed by atoms with Crippen LogP contribution in [0, 0.1) is 0 Å². The van der Waals surface area contributed by atoms with E-state index in [0.29, 0.717) is 11.9 Å². The molecule has 21 heavy (non-hydrogen) atoms. The van der Waals surface area contributed by atoms with Gasteiger partial charge in [-0.2, -0.15) is 5.10 Å². The van der Waals surface area contributed by atoms with Crippen molar-refractivity contribution >= 4 is 11.7 Å². The van der Waals surface area contributed by atoms with Gasteiger partial charge in [0.2, 0.25) is 5.91 Å². The lowest BCUT2D eigenvalue weighted by Gasteiger charge is -2.20. The number of aromatic nitrogens is 2.